The lowest BCUT2D eigenvalue weighted by atomic mass is 9.93. The van der Waals surface area contributed by atoms with Crippen molar-refractivity contribution >= 4 is 11.0 Å². The molecule has 1 aromatic heterocycles. The summed E-state index contributed by atoms with van der Waals surface area (Å²) in [4.78, 5) is 11.6. The highest BCUT2D eigenvalue weighted by Gasteiger charge is 2.51. The van der Waals surface area contributed by atoms with E-state index in [2.05, 4.69) is 0 Å². The van der Waals surface area contributed by atoms with Crippen LogP contribution in [0.2, 0.25) is 0 Å². The molecule has 1 unspecified atom stereocenters. The molecular weight excluding hydrogens is 824 g/mol. The molecule has 16 atom stereocenters. The molecule has 2 aromatic rings. The van der Waals surface area contributed by atoms with E-state index in [1.807, 2.05) is 26.0 Å². The number of rotatable bonds is 19. The van der Waals surface area contributed by atoms with Crippen molar-refractivity contribution in [3.63, 3.8) is 0 Å². The molecule has 350 valence electrons. The zero-order valence-corrected chi connectivity index (χ0v) is 35.0. The highest BCUT2D eigenvalue weighted by Crippen LogP contribution is 2.34. The fourth-order valence-corrected chi connectivity index (χ4v) is 7.36. The summed E-state index contributed by atoms with van der Waals surface area (Å²) in [6, 6.07) is 8.28. The SMILES string of the molecule is C/C(=C\COc1ccc2ccc(=O)oc2c1)CC/C=C(\C)CCC(O[C@@H]1O[C@H](CO[C@@H]2O[C@H](CO)[C@@H](O)[C@H](O)[C@H]2O)[C@@H](O)[C@H](O)[C@H]1O)C(C)(C)O[C@@H]1O[C@H](CO)[C@@H](O)[C@H](O)[C@H]1O. The quantitative estimate of drug-likeness (QED) is 0.0549. The van der Waals surface area contributed by atoms with Crippen molar-refractivity contribution in [3.8, 4) is 5.75 Å². The summed E-state index contributed by atoms with van der Waals surface area (Å²) < 4.78 is 45.9. The molecule has 1 aromatic carbocycles. The predicted octanol–water partition coefficient (Wildman–Crippen LogP) is -1.77. The molecule has 4 heterocycles. The number of benzene rings is 1. The number of fused-ring (bicyclic) bond motifs is 1. The number of allylic oxidation sites excluding steroid dienone is 3. The molecule has 0 amide bonds. The van der Waals surface area contributed by atoms with Crippen LogP contribution in [0.3, 0.4) is 0 Å². The van der Waals surface area contributed by atoms with Gasteiger partial charge in [-0.2, -0.15) is 0 Å². The zero-order chi connectivity index (χ0) is 45.5. The van der Waals surface area contributed by atoms with Crippen molar-refractivity contribution in [2.45, 2.75) is 157 Å². The summed E-state index contributed by atoms with van der Waals surface area (Å²) in [7, 11) is 0. The molecule has 0 aliphatic carbocycles. The molecule has 3 aliphatic heterocycles. The Morgan fingerprint density at radius 3 is 1.89 bits per heavy atom. The van der Waals surface area contributed by atoms with Gasteiger partial charge in [-0.15, -0.1) is 0 Å². The van der Waals surface area contributed by atoms with Gasteiger partial charge in [0.15, 0.2) is 18.9 Å². The third kappa shape index (κ3) is 12.4. The van der Waals surface area contributed by atoms with Gasteiger partial charge in [0, 0.05) is 17.5 Å². The smallest absolute Gasteiger partial charge is 0.336 e. The van der Waals surface area contributed by atoms with Gasteiger partial charge in [0.1, 0.15) is 91.2 Å². The van der Waals surface area contributed by atoms with E-state index in [0.29, 0.717) is 37.2 Å². The maximum absolute atomic E-state index is 11.6. The second-order valence-electron chi connectivity index (χ2n) is 16.5. The first-order valence-electron chi connectivity index (χ1n) is 20.6. The van der Waals surface area contributed by atoms with Crippen LogP contribution in [0.5, 0.6) is 5.75 Å². The molecule has 20 heteroatoms. The van der Waals surface area contributed by atoms with E-state index in [0.717, 1.165) is 16.5 Å². The summed E-state index contributed by atoms with van der Waals surface area (Å²) in [5.41, 5.74) is 0.529. The number of aliphatic hydroxyl groups excluding tert-OH is 11. The Labute approximate surface area is 357 Å². The highest BCUT2D eigenvalue weighted by atomic mass is 16.8. The van der Waals surface area contributed by atoms with Crippen LogP contribution in [0.25, 0.3) is 11.0 Å². The second kappa shape index (κ2) is 22.3. The van der Waals surface area contributed by atoms with Crippen LogP contribution in [-0.4, -0.2) is 186 Å². The molecule has 5 rings (SSSR count). The van der Waals surface area contributed by atoms with Crippen LogP contribution in [0.4, 0.5) is 0 Å². The molecule has 11 N–H and O–H groups in total. The van der Waals surface area contributed by atoms with E-state index in [-0.39, 0.29) is 6.42 Å². The highest BCUT2D eigenvalue weighted by molar-refractivity contribution is 5.77. The molecule has 0 bridgehead atoms. The first-order valence-corrected chi connectivity index (χ1v) is 20.6. The van der Waals surface area contributed by atoms with Gasteiger partial charge in [0.25, 0.3) is 0 Å². The van der Waals surface area contributed by atoms with Crippen LogP contribution in [0.1, 0.15) is 53.4 Å². The minimum Gasteiger partial charge on any atom is -0.489 e. The summed E-state index contributed by atoms with van der Waals surface area (Å²) in [5.74, 6) is 0.552. The third-order valence-corrected chi connectivity index (χ3v) is 11.4. The Hall–Kier alpha value is -2.97. The molecule has 0 radical (unpaired) electrons. The van der Waals surface area contributed by atoms with Crippen molar-refractivity contribution in [3.05, 3.63) is 64.1 Å². The normalized spacial score (nSPS) is 35.6. The average Bonchev–Trinajstić information content (AvgIpc) is 3.24. The molecule has 3 aliphatic rings. The zero-order valence-electron chi connectivity index (χ0n) is 35.0. The van der Waals surface area contributed by atoms with Crippen molar-refractivity contribution < 1.29 is 93.7 Å². The van der Waals surface area contributed by atoms with Crippen LogP contribution in [0, 0.1) is 0 Å². The van der Waals surface area contributed by atoms with Gasteiger partial charge >= 0.3 is 5.63 Å². The predicted molar refractivity (Wildman–Crippen MR) is 214 cm³/mol. The fraction of sp³-hybridized carbons (Fsp3) is 0.690. The second-order valence-corrected chi connectivity index (χ2v) is 16.5. The molecule has 3 fully saturated rings. The van der Waals surface area contributed by atoms with E-state index in [9.17, 15) is 61.0 Å². The fourth-order valence-electron chi connectivity index (χ4n) is 7.36. The van der Waals surface area contributed by atoms with Gasteiger partial charge in [-0.1, -0.05) is 17.2 Å². The minimum atomic E-state index is -1.84. The Balaban J connectivity index is 1.24. The maximum Gasteiger partial charge on any atom is 0.336 e. The Bertz CT molecular complexity index is 1830. The molecule has 0 spiro atoms. The lowest BCUT2D eigenvalue weighted by Crippen LogP contribution is -2.63. The van der Waals surface area contributed by atoms with E-state index in [1.165, 1.54) is 6.07 Å². The maximum atomic E-state index is 11.6. The van der Waals surface area contributed by atoms with Crippen molar-refractivity contribution in [2.75, 3.05) is 26.4 Å². The lowest BCUT2D eigenvalue weighted by molar-refractivity contribution is -0.360. The first kappa shape index (κ1) is 50.0. The van der Waals surface area contributed by atoms with E-state index in [1.54, 1.807) is 38.1 Å². The first-order chi connectivity index (χ1) is 29.3. The number of hydrogen-bond donors (Lipinski definition) is 11. The van der Waals surface area contributed by atoms with Crippen molar-refractivity contribution in [1.82, 2.24) is 0 Å². The standard InChI is InChI=1S/C42H62O20/c1-20(6-5-7-21(2)14-15-55-23-11-9-22-10-13-29(45)57-24(22)16-23)8-12-28(42(3,4)62-41-38(54)34(50)31(47)26(18-44)59-41)61-40-37(53)35(51)32(48)27(60-40)19-56-39-36(52)33(49)30(46)25(17-43)58-39/h6,9-11,13-14,16,25-28,30-41,43-44,46-54H,5,7-8,12,15,17-19H2,1-4H3/b20-6+,21-14+/t25-,26-,27-,28?,30-,31-,32-,33+,34+,35+,36-,37-,38-,39-,40+,41+/m1/s1. The van der Waals surface area contributed by atoms with Gasteiger partial charge in [0.05, 0.1) is 31.5 Å². The number of ether oxygens (including phenoxy) is 7. The average molecular weight is 887 g/mol. The summed E-state index contributed by atoms with van der Waals surface area (Å²) in [5, 5.41) is 115. The van der Waals surface area contributed by atoms with Crippen molar-refractivity contribution in [1.29, 1.82) is 0 Å². The van der Waals surface area contributed by atoms with Crippen LogP contribution in [0.15, 0.2) is 62.8 Å². The largest absolute Gasteiger partial charge is 0.489 e. The third-order valence-electron chi connectivity index (χ3n) is 11.4. The molecular formula is C42H62O20. The summed E-state index contributed by atoms with van der Waals surface area (Å²) in [6.07, 6.45) is -19.6. The molecule has 62 heavy (non-hydrogen) atoms. The van der Waals surface area contributed by atoms with Crippen LogP contribution in [-0.2, 0) is 28.4 Å². The lowest BCUT2D eigenvalue weighted by Gasteiger charge is -2.47. The Kier molecular flexibility index (Phi) is 18.0. The molecule has 0 saturated carbocycles. The van der Waals surface area contributed by atoms with Gasteiger partial charge < -0.3 is 93.7 Å². The van der Waals surface area contributed by atoms with E-state index >= 15 is 0 Å². The monoisotopic (exact) mass is 886 g/mol. The van der Waals surface area contributed by atoms with Crippen molar-refractivity contribution in [2.24, 2.45) is 0 Å². The van der Waals surface area contributed by atoms with Gasteiger partial charge in [-0.05, 0) is 77.7 Å². The Morgan fingerprint density at radius 2 is 1.24 bits per heavy atom. The molecule has 3 saturated heterocycles. The van der Waals surface area contributed by atoms with Crippen LogP contribution < -0.4 is 10.4 Å². The van der Waals surface area contributed by atoms with Gasteiger partial charge in [-0.25, -0.2) is 4.79 Å². The summed E-state index contributed by atoms with van der Waals surface area (Å²) >= 11 is 0. The minimum absolute atomic E-state index is 0.179. The Morgan fingerprint density at radius 1 is 0.694 bits per heavy atom. The van der Waals surface area contributed by atoms with Gasteiger partial charge in [0.2, 0.25) is 0 Å². The topological polar surface area (TPSA) is 317 Å². The van der Waals surface area contributed by atoms with E-state index < -0.39 is 129 Å². The number of hydrogen-bond acceptors (Lipinski definition) is 20. The molecule has 20 nitrogen and oxygen atoms in total. The number of aliphatic hydroxyl groups is 11. The van der Waals surface area contributed by atoms with E-state index in [4.69, 9.17) is 37.6 Å². The van der Waals surface area contributed by atoms with Gasteiger partial charge in [-0.3, -0.25) is 0 Å². The summed E-state index contributed by atoms with van der Waals surface area (Å²) in [6.45, 7) is 5.31. The van der Waals surface area contributed by atoms with Crippen LogP contribution >= 0.6 is 0 Å².